The molecule has 7 heteroatoms. The minimum atomic E-state index is -0.858. The first-order chi connectivity index (χ1) is 12.1. The zero-order chi connectivity index (χ0) is 17.6. The summed E-state index contributed by atoms with van der Waals surface area (Å²) in [5.74, 6) is -0.688. The lowest BCUT2D eigenvalue weighted by Gasteiger charge is -2.13. The number of thiazole rings is 1. The van der Waals surface area contributed by atoms with Crippen LogP contribution >= 0.6 is 23.1 Å². The molecule has 0 saturated carbocycles. The van der Waals surface area contributed by atoms with E-state index in [2.05, 4.69) is 10.3 Å². The highest BCUT2D eigenvalue weighted by Gasteiger charge is 2.18. The number of fused-ring (bicyclic) bond motifs is 1. The fourth-order valence-corrected chi connectivity index (χ4v) is 3.93. The SMILES string of the molecule is C[C@H](OC(=O)CSc1nc2ccccc2s1)C(=O)Nc1ccccc1. The van der Waals surface area contributed by atoms with Crippen LogP contribution in [0.2, 0.25) is 0 Å². The number of nitrogens with zero attached hydrogens (tertiary/aromatic N) is 1. The van der Waals surface area contributed by atoms with Crippen LogP contribution in [-0.4, -0.2) is 28.7 Å². The maximum Gasteiger partial charge on any atom is 0.317 e. The van der Waals surface area contributed by atoms with E-state index >= 15 is 0 Å². The Balaban J connectivity index is 1.49. The van der Waals surface area contributed by atoms with Crippen LogP contribution < -0.4 is 5.32 Å². The number of rotatable bonds is 6. The number of para-hydroxylation sites is 2. The summed E-state index contributed by atoms with van der Waals surface area (Å²) in [6, 6.07) is 16.9. The lowest BCUT2D eigenvalue weighted by atomic mass is 10.3. The number of anilines is 1. The molecule has 1 aromatic heterocycles. The molecule has 1 heterocycles. The fraction of sp³-hybridized carbons (Fsp3) is 0.167. The molecular weight excluding hydrogens is 356 g/mol. The molecule has 0 aliphatic carbocycles. The van der Waals surface area contributed by atoms with E-state index in [1.165, 1.54) is 23.1 Å². The first-order valence-corrected chi connectivity index (χ1v) is 9.46. The molecule has 0 radical (unpaired) electrons. The van der Waals surface area contributed by atoms with Crippen molar-refractivity contribution >= 4 is 50.9 Å². The van der Waals surface area contributed by atoms with Crippen molar-refractivity contribution in [3.63, 3.8) is 0 Å². The number of ether oxygens (including phenoxy) is 1. The molecular formula is C18H16N2O3S2. The standard InChI is InChI=1S/C18H16N2O3S2/c1-12(17(22)19-13-7-3-2-4-8-13)23-16(21)11-24-18-20-14-9-5-6-10-15(14)25-18/h2-10,12H,11H2,1H3,(H,19,22)/t12-/m0/s1. The van der Waals surface area contributed by atoms with Gasteiger partial charge in [0.2, 0.25) is 0 Å². The van der Waals surface area contributed by atoms with E-state index < -0.39 is 12.1 Å². The fourth-order valence-electron chi connectivity index (χ4n) is 2.08. The summed E-state index contributed by atoms with van der Waals surface area (Å²) >= 11 is 2.84. The molecule has 0 aliphatic heterocycles. The van der Waals surface area contributed by atoms with Crippen LogP contribution in [0.3, 0.4) is 0 Å². The molecule has 0 saturated heterocycles. The molecule has 3 aromatic rings. The number of nitrogens with one attached hydrogen (secondary N) is 1. The minimum absolute atomic E-state index is 0.114. The molecule has 2 aromatic carbocycles. The van der Waals surface area contributed by atoms with E-state index in [-0.39, 0.29) is 11.7 Å². The number of hydrogen-bond donors (Lipinski definition) is 1. The zero-order valence-electron chi connectivity index (χ0n) is 13.5. The van der Waals surface area contributed by atoms with Gasteiger partial charge in [-0.05, 0) is 31.2 Å². The van der Waals surface area contributed by atoms with Crippen molar-refractivity contribution < 1.29 is 14.3 Å². The summed E-state index contributed by atoms with van der Waals surface area (Å²) < 4.78 is 7.07. The average Bonchev–Trinajstić information content (AvgIpc) is 3.04. The topological polar surface area (TPSA) is 68.3 Å². The van der Waals surface area contributed by atoms with E-state index in [1.807, 2.05) is 42.5 Å². The summed E-state index contributed by atoms with van der Waals surface area (Å²) in [6.45, 7) is 1.55. The van der Waals surface area contributed by atoms with Crippen LogP contribution in [-0.2, 0) is 14.3 Å². The number of carbonyl (C=O) groups excluding carboxylic acids is 2. The Hall–Kier alpha value is -2.38. The maximum atomic E-state index is 12.0. The van der Waals surface area contributed by atoms with Crippen molar-refractivity contribution in [3.8, 4) is 0 Å². The molecule has 25 heavy (non-hydrogen) atoms. The van der Waals surface area contributed by atoms with Crippen LogP contribution in [0, 0.1) is 0 Å². The Kier molecular flexibility index (Phi) is 5.67. The Bertz CT molecular complexity index is 847. The molecule has 0 spiro atoms. The Morgan fingerprint density at radius 1 is 1.16 bits per heavy atom. The lowest BCUT2D eigenvalue weighted by molar-refractivity contribution is -0.150. The largest absolute Gasteiger partial charge is 0.452 e. The quantitative estimate of drug-likeness (QED) is 0.524. The number of esters is 1. The van der Waals surface area contributed by atoms with Crippen LogP contribution in [0.4, 0.5) is 5.69 Å². The van der Waals surface area contributed by atoms with Crippen LogP contribution in [0.5, 0.6) is 0 Å². The van der Waals surface area contributed by atoms with Crippen molar-refractivity contribution in [2.75, 3.05) is 11.1 Å². The second-order valence-corrected chi connectivity index (χ2v) is 7.48. The van der Waals surface area contributed by atoms with Gasteiger partial charge in [0.25, 0.3) is 5.91 Å². The normalized spacial score (nSPS) is 11.9. The van der Waals surface area contributed by atoms with Crippen molar-refractivity contribution in [2.24, 2.45) is 0 Å². The van der Waals surface area contributed by atoms with Gasteiger partial charge in [0.15, 0.2) is 10.4 Å². The molecule has 0 aliphatic rings. The third kappa shape index (κ3) is 4.80. The van der Waals surface area contributed by atoms with Crippen molar-refractivity contribution in [3.05, 3.63) is 54.6 Å². The van der Waals surface area contributed by atoms with Crippen LogP contribution in [0.1, 0.15) is 6.92 Å². The van der Waals surface area contributed by atoms with E-state index in [9.17, 15) is 9.59 Å². The predicted molar refractivity (Wildman–Crippen MR) is 101 cm³/mol. The Morgan fingerprint density at radius 3 is 2.64 bits per heavy atom. The van der Waals surface area contributed by atoms with Gasteiger partial charge < -0.3 is 10.1 Å². The molecule has 1 atom stereocenters. The number of benzene rings is 2. The minimum Gasteiger partial charge on any atom is -0.452 e. The molecule has 128 valence electrons. The third-order valence-corrected chi connectivity index (χ3v) is 5.46. The van der Waals surface area contributed by atoms with Crippen molar-refractivity contribution in [2.45, 2.75) is 17.4 Å². The third-order valence-electron chi connectivity index (χ3n) is 3.31. The second-order valence-electron chi connectivity index (χ2n) is 5.22. The first-order valence-electron chi connectivity index (χ1n) is 7.65. The number of carbonyl (C=O) groups is 2. The van der Waals surface area contributed by atoms with Crippen molar-refractivity contribution in [1.82, 2.24) is 4.98 Å². The number of aromatic nitrogens is 1. The molecule has 3 rings (SSSR count). The van der Waals surface area contributed by atoms with Gasteiger partial charge >= 0.3 is 5.97 Å². The van der Waals surface area contributed by atoms with E-state index in [4.69, 9.17) is 4.74 Å². The summed E-state index contributed by atoms with van der Waals surface area (Å²) in [6.07, 6.45) is -0.858. The summed E-state index contributed by atoms with van der Waals surface area (Å²) in [5.41, 5.74) is 1.58. The zero-order valence-corrected chi connectivity index (χ0v) is 15.1. The van der Waals surface area contributed by atoms with Gasteiger partial charge in [-0.1, -0.05) is 42.1 Å². The van der Waals surface area contributed by atoms with Gasteiger partial charge in [-0.3, -0.25) is 9.59 Å². The van der Waals surface area contributed by atoms with Crippen LogP contribution in [0.15, 0.2) is 58.9 Å². The first kappa shape index (κ1) is 17.4. The van der Waals surface area contributed by atoms with Gasteiger partial charge in [0.1, 0.15) is 0 Å². The monoisotopic (exact) mass is 372 g/mol. The predicted octanol–water partition coefficient (Wildman–Crippen LogP) is 3.96. The van der Waals surface area contributed by atoms with E-state index in [0.717, 1.165) is 14.6 Å². The summed E-state index contributed by atoms with van der Waals surface area (Å²) in [4.78, 5) is 28.4. The molecule has 0 unspecified atom stereocenters. The highest BCUT2D eigenvalue weighted by Crippen LogP contribution is 2.29. The van der Waals surface area contributed by atoms with E-state index in [1.54, 1.807) is 19.1 Å². The van der Waals surface area contributed by atoms with Gasteiger partial charge in [-0.25, -0.2) is 4.98 Å². The molecule has 0 bridgehead atoms. The Morgan fingerprint density at radius 2 is 1.88 bits per heavy atom. The van der Waals surface area contributed by atoms with Gasteiger partial charge in [-0.15, -0.1) is 11.3 Å². The highest BCUT2D eigenvalue weighted by molar-refractivity contribution is 8.01. The molecule has 0 fully saturated rings. The van der Waals surface area contributed by atoms with Crippen molar-refractivity contribution in [1.29, 1.82) is 0 Å². The molecule has 1 amide bonds. The average molecular weight is 372 g/mol. The Labute approximate surface area is 153 Å². The lowest BCUT2D eigenvalue weighted by Crippen LogP contribution is -2.30. The number of thioether (sulfide) groups is 1. The summed E-state index contributed by atoms with van der Waals surface area (Å²) in [5, 5.41) is 2.71. The molecule has 1 N–H and O–H groups in total. The highest BCUT2D eigenvalue weighted by atomic mass is 32.2. The smallest absolute Gasteiger partial charge is 0.317 e. The summed E-state index contributed by atoms with van der Waals surface area (Å²) in [7, 11) is 0. The molecule has 5 nitrogen and oxygen atoms in total. The second kappa shape index (κ2) is 8.13. The van der Waals surface area contributed by atoms with Crippen LogP contribution in [0.25, 0.3) is 10.2 Å². The van der Waals surface area contributed by atoms with E-state index in [0.29, 0.717) is 5.69 Å². The number of hydrogen-bond acceptors (Lipinski definition) is 6. The van der Waals surface area contributed by atoms with Gasteiger partial charge in [0, 0.05) is 5.69 Å². The van der Waals surface area contributed by atoms with Gasteiger partial charge in [-0.2, -0.15) is 0 Å². The maximum absolute atomic E-state index is 12.0. The van der Waals surface area contributed by atoms with Gasteiger partial charge in [0.05, 0.1) is 16.0 Å². The number of amides is 1.